The van der Waals surface area contributed by atoms with Gasteiger partial charge in [0.25, 0.3) is 0 Å². The van der Waals surface area contributed by atoms with Crippen LogP contribution < -0.4 is 11.3 Å². The second-order valence-electron chi connectivity index (χ2n) is 5.86. The van der Waals surface area contributed by atoms with Gasteiger partial charge in [0.2, 0.25) is 0 Å². The molecule has 3 nitrogen and oxygen atoms in total. The number of rotatable bonds is 5. The monoisotopic (exact) mass is 299 g/mol. The number of hydrazine groups is 1. The molecule has 5 heteroatoms. The van der Waals surface area contributed by atoms with Crippen LogP contribution in [0.25, 0.3) is 0 Å². The fourth-order valence-electron chi connectivity index (χ4n) is 3.42. The lowest BCUT2D eigenvalue weighted by Gasteiger charge is -2.43. The van der Waals surface area contributed by atoms with Gasteiger partial charge in [-0.15, -0.1) is 0 Å². The molecule has 1 aromatic rings. The Bertz CT molecular complexity index is 458. The van der Waals surface area contributed by atoms with Crippen molar-refractivity contribution in [1.29, 1.82) is 0 Å². The summed E-state index contributed by atoms with van der Waals surface area (Å²) >= 11 is 6.18. The van der Waals surface area contributed by atoms with Crippen molar-refractivity contribution >= 4 is 11.6 Å². The lowest BCUT2D eigenvalue weighted by atomic mass is 9.83. The first kappa shape index (κ1) is 15.7. The van der Waals surface area contributed by atoms with Crippen molar-refractivity contribution < 1.29 is 4.39 Å². The van der Waals surface area contributed by atoms with Crippen LogP contribution in [0, 0.1) is 5.82 Å². The van der Waals surface area contributed by atoms with E-state index < -0.39 is 0 Å². The van der Waals surface area contributed by atoms with E-state index in [1.54, 1.807) is 6.07 Å². The van der Waals surface area contributed by atoms with E-state index in [1.165, 1.54) is 25.0 Å². The van der Waals surface area contributed by atoms with E-state index in [1.807, 2.05) is 0 Å². The summed E-state index contributed by atoms with van der Waals surface area (Å²) in [5, 5.41) is 0.596. The largest absolute Gasteiger partial charge is 0.302 e. The molecule has 1 unspecified atom stereocenters. The normalized spacial score (nSPS) is 19.5. The second-order valence-corrected chi connectivity index (χ2v) is 6.27. The molecular weight excluding hydrogens is 277 g/mol. The number of hydrogen-bond acceptors (Lipinski definition) is 3. The van der Waals surface area contributed by atoms with Gasteiger partial charge in [-0.05, 0) is 57.1 Å². The number of hydrogen-bond donors (Lipinski definition) is 2. The van der Waals surface area contributed by atoms with E-state index >= 15 is 0 Å². The van der Waals surface area contributed by atoms with Gasteiger partial charge in [-0.25, -0.2) is 4.39 Å². The summed E-state index contributed by atoms with van der Waals surface area (Å²) in [5.41, 5.74) is 3.76. The van der Waals surface area contributed by atoms with Gasteiger partial charge in [0.1, 0.15) is 5.82 Å². The number of benzene rings is 1. The van der Waals surface area contributed by atoms with Gasteiger partial charge in [-0.1, -0.05) is 24.4 Å². The standard InChI is InChI=1S/C15H23ClFN3/c1-20(2)15(7-3-4-8-15)14(19-18)10-11-9-12(17)5-6-13(11)16/h5-6,9,14,19H,3-4,7-8,10,18H2,1-2H3. The summed E-state index contributed by atoms with van der Waals surface area (Å²) in [6, 6.07) is 4.55. The lowest BCUT2D eigenvalue weighted by molar-refractivity contribution is 0.104. The maximum Gasteiger partial charge on any atom is 0.123 e. The molecule has 0 bridgehead atoms. The van der Waals surface area contributed by atoms with Gasteiger partial charge in [0.05, 0.1) is 0 Å². The van der Waals surface area contributed by atoms with Crippen LogP contribution in [0.5, 0.6) is 0 Å². The molecule has 0 spiro atoms. The van der Waals surface area contributed by atoms with Crippen molar-refractivity contribution in [3.05, 3.63) is 34.6 Å². The molecule has 0 amide bonds. The highest BCUT2D eigenvalue weighted by Crippen LogP contribution is 2.38. The first-order valence-electron chi connectivity index (χ1n) is 7.07. The third-order valence-corrected chi connectivity index (χ3v) is 5.01. The summed E-state index contributed by atoms with van der Waals surface area (Å²) in [7, 11) is 4.17. The van der Waals surface area contributed by atoms with E-state index in [0.29, 0.717) is 11.4 Å². The van der Waals surface area contributed by atoms with E-state index in [9.17, 15) is 4.39 Å². The molecule has 3 N–H and O–H groups in total. The molecule has 1 saturated carbocycles. The first-order chi connectivity index (χ1) is 9.49. The third kappa shape index (κ3) is 2.98. The van der Waals surface area contributed by atoms with Crippen LogP contribution in [-0.4, -0.2) is 30.6 Å². The molecule has 0 aliphatic heterocycles. The van der Waals surface area contributed by atoms with Crippen LogP contribution >= 0.6 is 11.6 Å². The summed E-state index contributed by atoms with van der Waals surface area (Å²) < 4.78 is 13.4. The maximum atomic E-state index is 13.4. The zero-order chi connectivity index (χ0) is 14.8. The smallest absolute Gasteiger partial charge is 0.123 e. The molecule has 1 fully saturated rings. The summed E-state index contributed by atoms with van der Waals surface area (Å²) in [6.45, 7) is 0. The number of nitrogens with one attached hydrogen (secondary N) is 1. The minimum atomic E-state index is -0.259. The summed E-state index contributed by atoms with van der Waals surface area (Å²) in [5.74, 6) is 5.54. The van der Waals surface area contributed by atoms with E-state index in [4.69, 9.17) is 17.4 Å². The Morgan fingerprint density at radius 3 is 2.60 bits per heavy atom. The molecule has 1 aromatic carbocycles. The molecule has 1 atom stereocenters. The van der Waals surface area contributed by atoms with Gasteiger partial charge in [0.15, 0.2) is 0 Å². The average Bonchev–Trinajstić information content (AvgIpc) is 2.90. The van der Waals surface area contributed by atoms with Crippen LogP contribution in [-0.2, 0) is 6.42 Å². The third-order valence-electron chi connectivity index (χ3n) is 4.64. The summed E-state index contributed by atoms with van der Waals surface area (Å²) in [6.07, 6.45) is 5.23. The Morgan fingerprint density at radius 1 is 1.40 bits per heavy atom. The molecule has 2 rings (SSSR count). The maximum absolute atomic E-state index is 13.4. The van der Waals surface area contributed by atoms with Crippen molar-refractivity contribution in [2.45, 2.75) is 43.7 Å². The minimum Gasteiger partial charge on any atom is -0.302 e. The second kappa shape index (κ2) is 6.39. The van der Waals surface area contributed by atoms with Gasteiger partial charge in [0, 0.05) is 16.6 Å². The number of likely N-dealkylation sites (N-methyl/N-ethyl adjacent to an activating group) is 1. The van der Waals surface area contributed by atoms with Gasteiger partial charge >= 0.3 is 0 Å². The summed E-state index contributed by atoms with van der Waals surface area (Å²) in [4.78, 5) is 2.25. The highest BCUT2D eigenvalue weighted by molar-refractivity contribution is 6.31. The Balaban J connectivity index is 2.26. The quantitative estimate of drug-likeness (QED) is 0.649. The van der Waals surface area contributed by atoms with Gasteiger partial charge in [-0.3, -0.25) is 11.3 Å². The highest BCUT2D eigenvalue weighted by atomic mass is 35.5. The molecule has 1 aliphatic carbocycles. The van der Waals surface area contributed by atoms with Crippen LogP contribution in [0.15, 0.2) is 18.2 Å². The molecular formula is C15H23ClFN3. The van der Waals surface area contributed by atoms with Gasteiger partial charge < -0.3 is 4.90 Å². The van der Waals surface area contributed by atoms with E-state index in [0.717, 1.165) is 18.4 Å². The van der Waals surface area contributed by atoms with Crippen LogP contribution in [0.2, 0.25) is 5.02 Å². The first-order valence-corrected chi connectivity index (χ1v) is 7.45. The Hall–Kier alpha value is -0.680. The molecule has 112 valence electrons. The van der Waals surface area contributed by atoms with Crippen LogP contribution in [0.3, 0.4) is 0 Å². The Kier molecular flexibility index (Phi) is 5.02. The molecule has 0 aromatic heterocycles. The van der Waals surface area contributed by atoms with Crippen molar-refractivity contribution in [2.75, 3.05) is 14.1 Å². The predicted molar refractivity (Wildman–Crippen MR) is 81.1 cm³/mol. The van der Waals surface area contributed by atoms with Crippen LogP contribution in [0.4, 0.5) is 4.39 Å². The van der Waals surface area contributed by atoms with Gasteiger partial charge in [-0.2, -0.15) is 0 Å². The van der Waals surface area contributed by atoms with Crippen molar-refractivity contribution in [3.8, 4) is 0 Å². The highest BCUT2D eigenvalue weighted by Gasteiger charge is 2.42. The topological polar surface area (TPSA) is 41.3 Å². The predicted octanol–water partition coefficient (Wildman–Crippen LogP) is 2.73. The Morgan fingerprint density at radius 2 is 2.05 bits per heavy atom. The number of nitrogens with zero attached hydrogens (tertiary/aromatic N) is 1. The lowest BCUT2D eigenvalue weighted by Crippen LogP contribution is -2.60. The number of halogens is 2. The molecule has 0 heterocycles. The number of nitrogens with two attached hydrogens (primary N) is 1. The van der Waals surface area contributed by atoms with Crippen molar-refractivity contribution in [2.24, 2.45) is 5.84 Å². The molecule has 0 saturated heterocycles. The fourth-order valence-corrected chi connectivity index (χ4v) is 3.61. The SMILES string of the molecule is CN(C)C1(C(Cc2cc(F)ccc2Cl)NN)CCCC1. The van der Waals surface area contributed by atoms with Crippen molar-refractivity contribution in [3.63, 3.8) is 0 Å². The van der Waals surface area contributed by atoms with E-state index in [2.05, 4.69) is 24.4 Å². The Labute approximate surface area is 125 Å². The van der Waals surface area contributed by atoms with E-state index in [-0.39, 0.29) is 17.4 Å². The zero-order valence-electron chi connectivity index (χ0n) is 12.1. The zero-order valence-corrected chi connectivity index (χ0v) is 12.9. The molecule has 1 aliphatic rings. The van der Waals surface area contributed by atoms with Crippen LogP contribution in [0.1, 0.15) is 31.2 Å². The molecule has 0 radical (unpaired) electrons. The molecule has 20 heavy (non-hydrogen) atoms. The minimum absolute atomic E-state index is 0.0183. The average molecular weight is 300 g/mol. The van der Waals surface area contributed by atoms with Crippen molar-refractivity contribution in [1.82, 2.24) is 10.3 Å². The fraction of sp³-hybridized carbons (Fsp3) is 0.600.